The zero-order valence-corrected chi connectivity index (χ0v) is 18.9. The Morgan fingerprint density at radius 3 is 2.44 bits per heavy atom. The molecule has 0 saturated heterocycles. The van der Waals surface area contributed by atoms with Crippen LogP contribution in [-0.2, 0) is 11.3 Å². The zero-order chi connectivity index (χ0) is 25.8. The summed E-state index contributed by atoms with van der Waals surface area (Å²) in [5, 5.41) is 4.25. The van der Waals surface area contributed by atoms with Crippen LogP contribution in [0.1, 0.15) is 12.7 Å². The van der Waals surface area contributed by atoms with E-state index in [-0.39, 0.29) is 46.0 Å². The molecule has 5 rings (SSSR count). The van der Waals surface area contributed by atoms with Crippen molar-refractivity contribution in [3.8, 4) is 22.8 Å². The molecule has 1 aliphatic rings. The van der Waals surface area contributed by atoms with E-state index in [0.29, 0.717) is 11.8 Å². The molecule has 12 heteroatoms. The van der Waals surface area contributed by atoms with Crippen LogP contribution in [-0.4, -0.2) is 28.5 Å². The molecule has 0 fully saturated rings. The molecule has 0 aliphatic carbocycles. The number of benzene rings is 2. The van der Waals surface area contributed by atoms with Crippen molar-refractivity contribution in [1.29, 1.82) is 0 Å². The van der Waals surface area contributed by atoms with Crippen LogP contribution >= 0.6 is 0 Å². The van der Waals surface area contributed by atoms with Gasteiger partial charge in [0.15, 0.2) is 17.1 Å². The van der Waals surface area contributed by atoms with Crippen molar-refractivity contribution in [1.82, 2.24) is 9.78 Å². The molecule has 1 aliphatic heterocycles. The predicted molar refractivity (Wildman–Crippen MR) is 119 cm³/mol. The highest BCUT2D eigenvalue weighted by Crippen LogP contribution is 2.42. The smallest absolute Gasteiger partial charge is 0.459 e. The number of furan rings is 1. The number of aryl methyl sites for hydroxylation is 1. The van der Waals surface area contributed by atoms with Crippen LogP contribution < -0.4 is 19.9 Å². The molecule has 186 valence electrons. The van der Waals surface area contributed by atoms with Crippen LogP contribution in [0, 0.1) is 18.6 Å². The summed E-state index contributed by atoms with van der Waals surface area (Å²) in [6, 6.07) is 8.04. The van der Waals surface area contributed by atoms with E-state index < -0.39 is 35.9 Å². The van der Waals surface area contributed by atoms with Gasteiger partial charge in [-0.1, -0.05) is 0 Å². The molecule has 0 bridgehead atoms. The van der Waals surface area contributed by atoms with Gasteiger partial charge in [-0.15, -0.1) is 8.78 Å². The number of alkyl halides is 2. The predicted octanol–water partition coefficient (Wildman–Crippen LogP) is 4.62. The molecule has 0 atom stereocenters. The fraction of sp³-hybridized carbons (Fsp3) is 0.208. The molecule has 36 heavy (non-hydrogen) atoms. The standard InChI is InChI=1S/C24H17F4N3O5/c1-3-30(16-4-5-18-19(10-16)36-24(27,28)35-18)20(32)11-31-23(33)17-6-12(2)34-22(17)21(29-31)13-7-14(25)9-15(26)8-13/h4-10H,3,11H2,1-2H3. The lowest BCUT2D eigenvalue weighted by atomic mass is 10.1. The number of likely N-dealkylation sites (N-methyl/N-ethyl adjacent to an activating group) is 1. The summed E-state index contributed by atoms with van der Waals surface area (Å²) in [6.07, 6.45) is -3.82. The van der Waals surface area contributed by atoms with Gasteiger partial charge in [-0.3, -0.25) is 9.59 Å². The van der Waals surface area contributed by atoms with Gasteiger partial charge in [0.2, 0.25) is 5.91 Å². The average molecular weight is 503 g/mol. The van der Waals surface area contributed by atoms with Crippen molar-refractivity contribution in [2.45, 2.75) is 26.7 Å². The van der Waals surface area contributed by atoms with Gasteiger partial charge >= 0.3 is 6.29 Å². The molecule has 0 N–H and O–H groups in total. The molecule has 4 aromatic rings. The first-order valence-corrected chi connectivity index (χ1v) is 10.7. The van der Waals surface area contributed by atoms with E-state index in [4.69, 9.17) is 4.42 Å². The lowest BCUT2D eigenvalue weighted by Crippen LogP contribution is -2.37. The van der Waals surface area contributed by atoms with Crippen LogP contribution in [0.4, 0.5) is 23.2 Å². The summed E-state index contributed by atoms with van der Waals surface area (Å²) in [5.74, 6) is -2.39. The van der Waals surface area contributed by atoms with Gasteiger partial charge in [0, 0.05) is 29.9 Å². The fourth-order valence-electron chi connectivity index (χ4n) is 4.01. The second-order valence-electron chi connectivity index (χ2n) is 8.01. The maximum absolute atomic E-state index is 13.9. The van der Waals surface area contributed by atoms with E-state index >= 15 is 0 Å². The number of carbonyl (C=O) groups is 1. The third-order valence-corrected chi connectivity index (χ3v) is 5.49. The van der Waals surface area contributed by atoms with Gasteiger partial charge in [-0.05, 0) is 44.2 Å². The molecule has 8 nitrogen and oxygen atoms in total. The van der Waals surface area contributed by atoms with Crippen LogP contribution in [0.5, 0.6) is 11.5 Å². The zero-order valence-electron chi connectivity index (χ0n) is 18.9. The molecule has 1 amide bonds. The minimum Gasteiger partial charge on any atom is -0.459 e. The Morgan fingerprint density at radius 2 is 1.75 bits per heavy atom. The first-order valence-electron chi connectivity index (χ1n) is 10.7. The van der Waals surface area contributed by atoms with Crippen molar-refractivity contribution >= 4 is 22.6 Å². The summed E-state index contributed by atoms with van der Waals surface area (Å²) in [5.41, 5.74) is -0.426. The van der Waals surface area contributed by atoms with Crippen LogP contribution in [0.3, 0.4) is 0 Å². The monoisotopic (exact) mass is 503 g/mol. The first kappa shape index (κ1) is 23.4. The van der Waals surface area contributed by atoms with Gasteiger partial charge in [0.1, 0.15) is 29.6 Å². The number of aromatic nitrogens is 2. The van der Waals surface area contributed by atoms with Crippen LogP contribution in [0.2, 0.25) is 0 Å². The Balaban J connectivity index is 1.53. The average Bonchev–Trinajstić information content (AvgIpc) is 3.33. The lowest BCUT2D eigenvalue weighted by Gasteiger charge is -2.21. The number of halogens is 4. The number of amides is 1. The molecule has 0 radical (unpaired) electrons. The summed E-state index contributed by atoms with van der Waals surface area (Å²) < 4.78 is 69.8. The third-order valence-electron chi connectivity index (χ3n) is 5.49. The number of hydrogen-bond acceptors (Lipinski definition) is 6. The number of carbonyl (C=O) groups excluding carboxylic acids is 1. The fourth-order valence-corrected chi connectivity index (χ4v) is 4.01. The van der Waals surface area contributed by atoms with Crippen molar-refractivity contribution in [2.24, 2.45) is 0 Å². The number of fused-ring (bicyclic) bond motifs is 2. The highest BCUT2D eigenvalue weighted by atomic mass is 19.3. The highest BCUT2D eigenvalue weighted by molar-refractivity contribution is 5.94. The van der Waals surface area contributed by atoms with Gasteiger partial charge in [0.05, 0.1) is 5.39 Å². The molecule has 2 aromatic carbocycles. The maximum atomic E-state index is 13.9. The first-order chi connectivity index (χ1) is 17.0. The summed E-state index contributed by atoms with van der Waals surface area (Å²) in [6.45, 7) is 2.81. The second-order valence-corrected chi connectivity index (χ2v) is 8.01. The van der Waals surface area contributed by atoms with Crippen molar-refractivity contribution in [2.75, 3.05) is 11.4 Å². The molecule has 3 heterocycles. The Hall–Kier alpha value is -4.35. The highest BCUT2D eigenvalue weighted by Gasteiger charge is 2.43. The van der Waals surface area contributed by atoms with Gasteiger partial charge < -0.3 is 18.8 Å². The van der Waals surface area contributed by atoms with E-state index in [0.717, 1.165) is 16.8 Å². The summed E-state index contributed by atoms with van der Waals surface area (Å²) >= 11 is 0. The number of hydrogen-bond donors (Lipinski definition) is 0. The quantitative estimate of drug-likeness (QED) is 0.370. The van der Waals surface area contributed by atoms with Crippen molar-refractivity contribution in [3.63, 3.8) is 0 Å². The normalized spacial score (nSPS) is 13.8. The Bertz CT molecular complexity index is 1560. The molecule has 2 aromatic heterocycles. The van der Waals surface area contributed by atoms with E-state index in [2.05, 4.69) is 14.6 Å². The Morgan fingerprint density at radius 1 is 1.06 bits per heavy atom. The minimum absolute atomic E-state index is 0.0112. The summed E-state index contributed by atoms with van der Waals surface area (Å²) in [4.78, 5) is 27.5. The molecule has 0 unspecified atom stereocenters. The van der Waals surface area contributed by atoms with Gasteiger partial charge in [0.25, 0.3) is 5.56 Å². The van der Waals surface area contributed by atoms with Gasteiger partial charge in [-0.2, -0.15) is 5.10 Å². The van der Waals surface area contributed by atoms with E-state index in [1.165, 1.54) is 29.2 Å². The summed E-state index contributed by atoms with van der Waals surface area (Å²) in [7, 11) is 0. The van der Waals surface area contributed by atoms with E-state index in [1.54, 1.807) is 13.8 Å². The number of nitrogens with zero attached hydrogens (tertiary/aromatic N) is 3. The van der Waals surface area contributed by atoms with Gasteiger partial charge in [-0.25, -0.2) is 13.5 Å². The largest absolute Gasteiger partial charge is 0.586 e. The number of ether oxygens (including phenoxy) is 2. The Labute approximate surface area is 200 Å². The SMILES string of the molecule is CCN(C(=O)Cn1nc(-c2cc(F)cc(F)c2)c2oc(C)cc2c1=O)c1ccc2c(c1)OC(F)(F)O2. The van der Waals surface area contributed by atoms with E-state index in [9.17, 15) is 27.2 Å². The molecular weight excluding hydrogens is 486 g/mol. The molecule has 0 saturated carbocycles. The molecular formula is C24H17F4N3O5. The topological polar surface area (TPSA) is 86.8 Å². The maximum Gasteiger partial charge on any atom is 0.586 e. The minimum atomic E-state index is -3.82. The van der Waals surface area contributed by atoms with Crippen LogP contribution in [0.25, 0.3) is 22.2 Å². The van der Waals surface area contributed by atoms with Crippen LogP contribution in [0.15, 0.2) is 51.7 Å². The Kier molecular flexibility index (Phi) is 5.46. The molecule has 0 spiro atoms. The number of rotatable bonds is 5. The number of anilines is 1. The van der Waals surface area contributed by atoms with Crippen molar-refractivity contribution in [3.05, 3.63) is 70.2 Å². The second kappa shape index (κ2) is 8.40. The lowest BCUT2D eigenvalue weighted by molar-refractivity contribution is -0.286. The van der Waals surface area contributed by atoms with Crippen molar-refractivity contribution < 1.29 is 36.2 Å². The van der Waals surface area contributed by atoms with E-state index in [1.807, 2.05) is 0 Å². The third kappa shape index (κ3) is 4.14.